The monoisotopic (exact) mass is 310 g/mol. The Bertz CT molecular complexity index is 538. The largest absolute Gasteiger partial charge is 0.254 e. The lowest BCUT2D eigenvalue weighted by Crippen LogP contribution is -1.84. The predicted molar refractivity (Wildman–Crippen MR) is 61.9 cm³/mol. The van der Waals surface area contributed by atoms with Gasteiger partial charge in [-0.3, -0.25) is 4.98 Å². The maximum Gasteiger partial charge on any atom is 0.101 e. The summed E-state index contributed by atoms with van der Waals surface area (Å²) >= 11 is 6.70. The molecule has 2 nitrogen and oxygen atoms in total. The first-order valence-corrected chi connectivity index (χ1v) is 5.44. The number of benzene rings is 1. The van der Waals surface area contributed by atoms with Crippen molar-refractivity contribution in [2.24, 2.45) is 0 Å². The number of nitriles is 1. The van der Waals surface area contributed by atoms with E-state index in [9.17, 15) is 0 Å². The van der Waals surface area contributed by atoms with E-state index in [0.717, 1.165) is 19.8 Å². The van der Waals surface area contributed by atoms with E-state index in [4.69, 9.17) is 5.26 Å². The number of halogens is 2. The first-order valence-electron chi connectivity index (χ1n) is 3.85. The van der Waals surface area contributed by atoms with E-state index >= 15 is 0 Å². The molecule has 0 spiro atoms. The van der Waals surface area contributed by atoms with E-state index < -0.39 is 0 Å². The Morgan fingerprint density at radius 3 is 2.57 bits per heavy atom. The van der Waals surface area contributed by atoms with Crippen LogP contribution in [0.4, 0.5) is 0 Å². The molecule has 2 rings (SSSR count). The molecular weight excluding hydrogens is 308 g/mol. The molecule has 0 atom stereocenters. The van der Waals surface area contributed by atoms with Gasteiger partial charge in [-0.05, 0) is 34.1 Å². The summed E-state index contributed by atoms with van der Waals surface area (Å²) in [5.74, 6) is 0. The van der Waals surface area contributed by atoms with E-state index in [1.54, 1.807) is 12.3 Å². The van der Waals surface area contributed by atoms with Gasteiger partial charge in [-0.25, -0.2) is 0 Å². The Balaban J connectivity index is 2.89. The summed E-state index contributed by atoms with van der Waals surface area (Å²) < 4.78 is 1.80. The van der Waals surface area contributed by atoms with Crippen LogP contribution in [0.25, 0.3) is 10.9 Å². The smallest absolute Gasteiger partial charge is 0.101 e. The number of pyridine rings is 1. The molecule has 1 aromatic heterocycles. The number of hydrogen-bond acceptors (Lipinski definition) is 2. The molecule has 0 unspecified atom stereocenters. The van der Waals surface area contributed by atoms with E-state index in [1.807, 2.05) is 12.1 Å². The molecule has 0 N–H and O–H groups in total. The zero-order chi connectivity index (χ0) is 10.1. The van der Waals surface area contributed by atoms with Gasteiger partial charge < -0.3 is 0 Å². The average molecular weight is 312 g/mol. The van der Waals surface area contributed by atoms with Crippen molar-refractivity contribution in [3.8, 4) is 6.07 Å². The molecule has 2 aromatic rings. The highest BCUT2D eigenvalue weighted by atomic mass is 79.9. The SMILES string of the molecule is N#Cc1cc(Br)cc2cc(Br)cnc12. The molecule has 0 saturated heterocycles. The van der Waals surface area contributed by atoms with Crippen molar-refractivity contribution in [3.63, 3.8) is 0 Å². The van der Waals surface area contributed by atoms with Gasteiger partial charge in [-0.2, -0.15) is 5.26 Å². The Labute approximate surface area is 97.8 Å². The predicted octanol–water partition coefficient (Wildman–Crippen LogP) is 3.63. The molecule has 0 amide bonds. The van der Waals surface area contributed by atoms with E-state index in [2.05, 4.69) is 42.9 Å². The standard InChI is InChI=1S/C10H4Br2N2/c11-8-1-6-2-9(12)5-14-10(6)7(3-8)4-13/h1-3,5H. The van der Waals surface area contributed by atoms with Gasteiger partial charge in [0.25, 0.3) is 0 Å². The van der Waals surface area contributed by atoms with Crippen LogP contribution in [0.1, 0.15) is 5.56 Å². The molecule has 1 heterocycles. The van der Waals surface area contributed by atoms with Crippen LogP contribution in [-0.4, -0.2) is 4.98 Å². The van der Waals surface area contributed by atoms with Crippen LogP contribution in [0.3, 0.4) is 0 Å². The van der Waals surface area contributed by atoms with Gasteiger partial charge in [0, 0.05) is 20.5 Å². The van der Waals surface area contributed by atoms with Gasteiger partial charge in [0.05, 0.1) is 11.1 Å². The Kier molecular flexibility index (Phi) is 2.53. The van der Waals surface area contributed by atoms with Crippen molar-refractivity contribution in [2.75, 3.05) is 0 Å². The van der Waals surface area contributed by atoms with Crippen LogP contribution in [-0.2, 0) is 0 Å². The first kappa shape index (κ1) is 9.63. The van der Waals surface area contributed by atoms with Gasteiger partial charge in [0.1, 0.15) is 6.07 Å². The summed E-state index contributed by atoms with van der Waals surface area (Å²) in [6, 6.07) is 7.77. The molecule has 0 aliphatic carbocycles. The van der Waals surface area contributed by atoms with Crippen LogP contribution < -0.4 is 0 Å². The number of rotatable bonds is 0. The molecule has 0 aliphatic heterocycles. The normalized spacial score (nSPS) is 10.1. The zero-order valence-electron chi connectivity index (χ0n) is 6.96. The highest BCUT2D eigenvalue weighted by Crippen LogP contribution is 2.24. The molecule has 0 aliphatic rings. The van der Waals surface area contributed by atoms with Crippen molar-refractivity contribution in [1.82, 2.24) is 4.98 Å². The van der Waals surface area contributed by atoms with Crippen molar-refractivity contribution < 1.29 is 0 Å². The first-order chi connectivity index (χ1) is 6.70. The third-order valence-electron chi connectivity index (χ3n) is 1.83. The highest BCUT2D eigenvalue weighted by molar-refractivity contribution is 9.10. The Hall–Kier alpha value is -0.920. The van der Waals surface area contributed by atoms with Crippen molar-refractivity contribution >= 4 is 42.8 Å². The lowest BCUT2D eigenvalue weighted by molar-refractivity contribution is 1.37. The minimum atomic E-state index is 0.585. The second-order valence-corrected chi connectivity index (χ2v) is 4.62. The number of nitrogens with zero attached hydrogens (tertiary/aromatic N) is 2. The molecule has 0 radical (unpaired) electrons. The van der Waals surface area contributed by atoms with Gasteiger partial charge in [0.15, 0.2) is 0 Å². The third kappa shape index (κ3) is 1.66. The number of fused-ring (bicyclic) bond motifs is 1. The highest BCUT2D eigenvalue weighted by Gasteiger charge is 2.04. The van der Waals surface area contributed by atoms with Crippen molar-refractivity contribution in [3.05, 3.63) is 38.9 Å². The summed E-state index contributed by atoms with van der Waals surface area (Å²) in [5.41, 5.74) is 1.32. The molecule has 1 aromatic carbocycles. The van der Waals surface area contributed by atoms with Gasteiger partial charge in [0.2, 0.25) is 0 Å². The lowest BCUT2D eigenvalue weighted by atomic mass is 10.1. The lowest BCUT2D eigenvalue weighted by Gasteiger charge is -2.00. The minimum absolute atomic E-state index is 0.585. The minimum Gasteiger partial charge on any atom is -0.254 e. The topological polar surface area (TPSA) is 36.7 Å². The summed E-state index contributed by atoms with van der Waals surface area (Å²) in [4.78, 5) is 4.20. The van der Waals surface area contributed by atoms with Crippen LogP contribution >= 0.6 is 31.9 Å². The number of aromatic nitrogens is 1. The maximum absolute atomic E-state index is 8.91. The Morgan fingerprint density at radius 2 is 1.86 bits per heavy atom. The fourth-order valence-electron chi connectivity index (χ4n) is 1.27. The maximum atomic E-state index is 8.91. The third-order valence-corrected chi connectivity index (χ3v) is 2.73. The molecule has 14 heavy (non-hydrogen) atoms. The molecule has 68 valence electrons. The molecule has 0 bridgehead atoms. The Morgan fingerprint density at radius 1 is 1.14 bits per heavy atom. The van der Waals surface area contributed by atoms with E-state index in [0.29, 0.717) is 5.56 Å². The second kappa shape index (κ2) is 3.68. The molecular formula is C10H4Br2N2. The summed E-state index contributed by atoms with van der Waals surface area (Å²) in [5, 5.41) is 9.86. The quantitative estimate of drug-likeness (QED) is 0.745. The summed E-state index contributed by atoms with van der Waals surface area (Å²) in [7, 11) is 0. The van der Waals surface area contributed by atoms with E-state index in [-0.39, 0.29) is 0 Å². The van der Waals surface area contributed by atoms with Crippen LogP contribution in [0, 0.1) is 11.3 Å². The van der Waals surface area contributed by atoms with Crippen LogP contribution in [0.2, 0.25) is 0 Å². The van der Waals surface area contributed by atoms with Crippen LogP contribution in [0.15, 0.2) is 33.3 Å². The van der Waals surface area contributed by atoms with Gasteiger partial charge >= 0.3 is 0 Å². The second-order valence-electron chi connectivity index (χ2n) is 2.79. The molecule has 0 saturated carbocycles. The van der Waals surface area contributed by atoms with Gasteiger partial charge in [-0.15, -0.1) is 0 Å². The molecule has 4 heteroatoms. The summed E-state index contributed by atoms with van der Waals surface area (Å²) in [6.07, 6.45) is 1.69. The van der Waals surface area contributed by atoms with Gasteiger partial charge in [-0.1, -0.05) is 15.9 Å². The van der Waals surface area contributed by atoms with Crippen LogP contribution in [0.5, 0.6) is 0 Å². The average Bonchev–Trinajstić information content (AvgIpc) is 2.15. The summed E-state index contributed by atoms with van der Waals surface area (Å²) in [6.45, 7) is 0. The number of hydrogen-bond donors (Lipinski definition) is 0. The van der Waals surface area contributed by atoms with Crippen molar-refractivity contribution in [1.29, 1.82) is 5.26 Å². The fourth-order valence-corrected chi connectivity index (χ4v) is 2.10. The molecule has 0 fully saturated rings. The van der Waals surface area contributed by atoms with E-state index in [1.165, 1.54) is 0 Å². The fraction of sp³-hybridized carbons (Fsp3) is 0. The van der Waals surface area contributed by atoms with Crippen molar-refractivity contribution in [2.45, 2.75) is 0 Å². The zero-order valence-corrected chi connectivity index (χ0v) is 10.1.